The van der Waals surface area contributed by atoms with Crippen molar-refractivity contribution in [2.45, 2.75) is 114 Å². The van der Waals surface area contributed by atoms with Gasteiger partial charge in [-0.15, -0.1) is 11.8 Å². The molecule has 1 saturated heterocycles. The van der Waals surface area contributed by atoms with Gasteiger partial charge in [0.2, 0.25) is 35.1 Å². The largest absolute Gasteiger partial charge is 0.510 e. The van der Waals surface area contributed by atoms with Gasteiger partial charge in [-0.3, -0.25) is 33.7 Å². The monoisotopic (exact) mass is 1040 g/mol. The summed E-state index contributed by atoms with van der Waals surface area (Å²) in [6.45, 7) is 1.92. The summed E-state index contributed by atoms with van der Waals surface area (Å²) in [5.41, 5.74) is 8.21. The molecule has 19 nitrogen and oxygen atoms in total. The van der Waals surface area contributed by atoms with Gasteiger partial charge in [0, 0.05) is 53.8 Å². The van der Waals surface area contributed by atoms with Crippen molar-refractivity contribution in [2.24, 2.45) is 5.73 Å². The Bertz CT molecular complexity index is 3010. The Labute approximate surface area is 437 Å². The van der Waals surface area contributed by atoms with Crippen LogP contribution in [0.5, 0.6) is 0 Å². The number of ether oxygens (including phenoxy) is 3. The van der Waals surface area contributed by atoms with E-state index >= 15 is 0 Å². The number of aliphatic hydroxyl groups excluding tert-OH is 1. The van der Waals surface area contributed by atoms with Gasteiger partial charge >= 0.3 is 12.1 Å². The van der Waals surface area contributed by atoms with Gasteiger partial charge in [0.25, 0.3) is 5.56 Å². The van der Waals surface area contributed by atoms with Gasteiger partial charge in [-0.05, 0) is 86.5 Å². The number of unbranched alkanes of at least 4 members (excludes halogenated alkanes) is 3. The van der Waals surface area contributed by atoms with Gasteiger partial charge in [-0.1, -0.05) is 74.0 Å². The zero-order valence-corrected chi connectivity index (χ0v) is 42.5. The lowest BCUT2D eigenvalue weighted by atomic mass is 9.85. The summed E-state index contributed by atoms with van der Waals surface area (Å²) in [5.74, 6) is -2.39. The number of benzene rings is 3. The maximum absolute atomic E-state index is 14.0. The summed E-state index contributed by atoms with van der Waals surface area (Å²) < 4.78 is 18.4. The number of esters is 1. The Morgan fingerprint density at radius 2 is 1.67 bits per heavy atom. The number of amides is 5. The minimum atomic E-state index is -1.97. The average molecular weight is 1040 g/mol. The first-order chi connectivity index (χ1) is 36.3. The number of para-hydroxylation sites is 1. The number of aromatic nitrogens is 2. The first-order valence-corrected chi connectivity index (χ1v) is 26.4. The predicted octanol–water partition coefficient (Wildman–Crippen LogP) is 5.13. The molecule has 0 saturated carbocycles. The third-order valence-corrected chi connectivity index (χ3v) is 14.8. The van der Waals surface area contributed by atoms with Crippen LogP contribution in [0.1, 0.15) is 92.5 Å². The summed E-state index contributed by atoms with van der Waals surface area (Å²) in [6.07, 6.45) is 2.04. The highest BCUT2D eigenvalue weighted by atomic mass is 32.2. The molecule has 1 unspecified atom stereocenters. The van der Waals surface area contributed by atoms with Crippen molar-refractivity contribution < 1.29 is 52.9 Å². The van der Waals surface area contributed by atoms with Crippen molar-refractivity contribution in [3.05, 3.63) is 129 Å². The van der Waals surface area contributed by atoms with Crippen molar-refractivity contribution >= 4 is 70.0 Å². The van der Waals surface area contributed by atoms with Crippen LogP contribution in [0.3, 0.4) is 0 Å². The lowest BCUT2D eigenvalue weighted by molar-refractivity contribution is -0.175. The van der Waals surface area contributed by atoms with Crippen molar-refractivity contribution in [1.82, 2.24) is 25.1 Å². The fourth-order valence-electron chi connectivity index (χ4n) is 9.61. The summed E-state index contributed by atoms with van der Waals surface area (Å²) in [6, 6.07) is 24.9. The number of anilines is 1. The van der Waals surface area contributed by atoms with Crippen LogP contribution in [0.4, 0.5) is 10.5 Å². The van der Waals surface area contributed by atoms with Crippen LogP contribution >= 0.6 is 11.8 Å². The number of imide groups is 1. The van der Waals surface area contributed by atoms with Crippen LogP contribution < -0.4 is 27.2 Å². The molecule has 4 atom stereocenters. The molecule has 0 radical (unpaired) electrons. The first kappa shape index (κ1) is 53.9. The van der Waals surface area contributed by atoms with Gasteiger partial charge in [0.05, 0.1) is 40.9 Å². The Kier molecular flexibility index (Phi) is 17.8. The van der Waals surface area contributed by atoms with Crippen molar-refractivity contribution in [3.8, 4) is 11.4 Å². The van der Waals surface area contributed by atoms with Crippen LogP contribution in [-0.4, -0.2) is 104 Å². The molecule has 20 heteroatoms. The van der Waals surface area contributed by atoms with Crippen LogP contribution in [0.15, 0.2) is 95.8 Å². The summed E-state index contributed by atoms with van der Waals surface area (Å²) in [5, 5.41) is 18.1. The zero-order valence-electron chi connectivity index (χ0n) is 41.7. The molecular formula is C55H61N7O12S. The number of cyclic esters (lactones) is 1. The fraction of sp³-hybridized carbons (Fsp3) is 0.400. The van der Waals surface area contributed by atoms with E-state index in [-0.39, 0.29) is 99.4 Å². The molecule has 3 aromatic carbocycles. The minimum Gasteiger partial charge on any atom is -0.457 e. The van der Waals surface area contributed by atoms with E-state index in [1.165, 1.54) is 16.7 Å². The molecular weight excluding hydrogens is 983 g/mol. The number of hydrogen-bond donors (Lipinski definition) is 5. The third-order valence-electron chi connectivity index (χ3n) is 13.6. The molecule has 0 bridgehead atoms. The van der Waals surface area contributed by atoms with E-state index in [9.17, 15) is 38.4 Å². The molecule has 0 spiro atoms. The molecule has 8 rings (SSSR count). The molecule has 75 heavy (non-hydrogen) atoms. The standard InChI is InChI=1S/C55H61N7O12S/c1-2-55(40-29-44-48-37(28-36-15-8-9-16-41(36)59-48)31-62(44)51(68)39(40)33-72-53(55)70)74-54(71)73-32-35-19-21-38(22-20-35)57-49(66)42(17-10-11-23-56)60-50(67)43(27-34-13-5-3-6-14-34)58-46(64)18-7-4-12-24-61-47(65)30-45(52(61)69)75-26-25-63/h3,5-6,8-9,13-16,19-22,28-29,42-43,45,63H,2,4,7,10-12,17-18,23-27,30-33,56H2,1H3,(H,57,66)(H,58,64)(H,60,67)/t42-,43-,45?,55+/m0/s1. The predicted molar refractivity (Wildman–Crippen MR) is 279 cm³/mol. The minimum absolute atomic E-state index is 0.0514. The maximum Gasteiger partial charge on any atom is 0.510 e. The van der Waals surface area contributed by atoms with Crippen LogP contribution in [0, 0.1) is 0 Å². The lowest BCUT2D eigenvalue weighted by Crippen LogP contribution is -2.53. The van der Waals surface area contributed by atoms with Gasteiger partial charge in [0.15, 0.2) is 0 Å². The van der Waals surface area contributed by atoms with E-state index in [0.717, 1.165) is 22.0 Å². The van der Waals surface area contributed by atoms with Crippen molar-refractivity contribution in [2.75, 3.05) is 30.8 Å². The summed E-state index contributed by atoms with van der Waals surface area (Å²) in [7, 11) is 0. The highest BCUT2D eigenvalue weighted by Crippen LogP contribution is 2.41. The van der Waals surface area contributed by atoms with Crippen LogP contribution in [-0.2, 0) is 74.8 Å². The second-order valence-electron chi connectivity index (χ2n) is 18.7. The maximum atomic E-state index is 14.0. The lowest BCUT2D eigenvalue weighted by Gasteiger charge is -2.35. The zero-order chi connectivity index (χ0) is 53.1. The number of carbonyl (C=O) groups excluding carboxylic acids is 7. The SMILES string of the molecule is CC[C@]1(OC(=O)OCc2ccc(NC(=O)[C@H](CCCCN)NC(=O)[C@H](Cc3ccccc3)NC(=O)CCCCCN3C(=O)CC(SCCO)C3=O)cc2)C(=O)OCc2c1cc1n(c2=O)Cc2cc3ccccc3nc2-1. The molecule has 5 aromatic rings. The van der Waals surface area contributed by atoms with E-state index in [1.54, 1.807) is 41.8 Å². The Hall–Kier alpha value is -7.42. The van der Waals surface area contributed by atoms with E-state index in [1.807, 2.05) is 60.7 Å². The summed E-state index contributed by atoms with van der Waals surface area (Å²) >= 11 is 1.27. The molecule has 5 amide bonds. The number of hydrogen-bond acceptors (Lipinski definition) is 15. The van der Waals surface area contributed by atoms with E-state index in [0.29, 0.717) is 67.0 Å². The van der Waals surface area contributed by atoms with Crippen LogP contribution in [0.25, 0.3) is 22.3 Å². The Balaban J connectivity index is 0.865. The number of fused-ring (bicyclic) bond motifs is 5. The van der Waals surface area contributed by atoms with E-state index < -0.39 is 46.9 Å². The fourth-order valence-corrected chi connectivity index (χ4v) is 10.5. The number of carbonyl (C=O) groups is 7. The molecule has 6 N–H and O–H groups in total. The number of aliphatic hydroxyl groups is 1. The number of nitrogens with two attached hydrogens (primary N) is 1. The van der Waals surface area contributed by atoms with Gasteiger partial charge in [0.1, 0.15) is 25.3 Å². The molecule has 2 aromatic heterocycles. The summed E-state index contributed by atoms with van der Waals surface area (Å²) in [4.78, 5) is 113. The van der Waals surface area contributed by atoms with Crippen LogP contribution in [0.2, 0.25) is 0 Å². The molecule has 3 aliphatic rings. The smallest absolute Gasteiger partial charge is 0.457 e. The van der Waals surface area contributed by atoms with Gasteiger partial charge in [-0.2, -0.15) is 0 Å². The van der Waals surface area contributed by atoms with E-state index in [4.69, 9.17) is 30.0 Å². The molecule has 0 aliphatic carbocycles. The second-order valence-corrected chi connectivity index (χ2v) is 20.0. The number of nitrogens with one attached hydrogen (secondary N) is 3. The molecule has 1 fully saturated rings. The van der Waals surface area contributed by atoms with Gasteiger partial charge < -0.3 is 45.6 Å². The second kappa shape index (κ2) is 24.7. The third kappa shape index (κ3) is 12.6. The van der Waals surface area contributed by atoms with Crippen molar-refractivity contribution in [1.29, 1.82) is 0 Å². The number of rotatable bonds is 24. The first-order valence-electron chi connectivity index (χ1n) is 25.3. The van der Waals surface area contributed by atoms with Crippen molar-refractivity contribution in [3.63, 3.8) is 0 Å². The quantitative estimate of drug-likeness (QED) is 0.0299. The topological polar surface area (TPSA) is 268 Å². The van der Waals surface area contributed by atoms with Gasteiger partial charge in [-0.25, -0.2) is 14.6 Å². The highest BCUT2D eigenvalue weighted by molar-refractivity contribution is 8.00. The number of thioether (sulfide) groups is 1. The number of nitrogens with zero attached hydrogens (tertiary/aromatic N) is 3. The average Bonchev–Trinajstić information content (AvgIpc) is 3.91. The molecule has 5 heterocycles. The molecule has 394 valence electrons. The van der Waals surface area contributed by atoms with E-state index in [2.05, 4.69) is 16.0 Å². The normalized spacial score (nSPS) is 17.3. The Morgan fingerprint density at radius 1 is 0.893 bits per heavy atom. The highest BCUT2D eigenvalue weighted by Gasteiger charge is 2.51. The number of pyridine rings is 2. The number of likely N-dealkylation sites (tertiary alicyclic amines) is 1. The molecule has 3 aliphatic heterocycles. The Morgan fingerprint density at radius 3 is 2.43 bits per heavy atom.